The Morgan fingerprint density at radius 1 is 0.923 bits per heavy atom. The summed E-state index contributed by atoms with van der Waals surface area (Å²) < 4.78 is 57.7. The fourth-order valence-electron chi connectivity index (χ4n) is 6.34. The Balaban J connectivity index is 1.19. The average molecular weight is 713 g/mol. The van der Waals surface area contributed by atoms with Crippen LogP contribution in [0.1, 0.15) is 60.1 Å². The highest BCUT2D eigenvalue weighted by Crippen LogP contribution is 2.34. The zero-order chi connectivity index (χ0) is 36.7. The number of hydrogen-bond acceptors (Lipinski definition) is 7. The van der Waals surface area contributed by atoms with E-state index in [2.05, 4.69) is 22.3 Å². The second kappa shape index (κ2) is 16.5. The minimum absolute atomic E-state index is 0.143. The number of likely N-dealkylation sites (tertiary alicyclic amines) is 1. The van der Waals surface area contributed by atoms with Crippen LogP contribution in [0.15, 0.2) is 108 Å². The molecular weight excluding hydrogens is 669 g/mol. The number of hydrogen-bond donors (Lipinski definition) is 1. The molecule has 11 heteroatoms. The summed E-state index contributed by atoms with van der Waals surface area (Å²) in [5.41, 5.74) is 3.11. The molecule has 5 aromatic rings. The second-order valence-corrected chi connectivity index (χ2v) is 13.5. The molecule has 0 bridgehead atoms. The van der Waals surface area contributed by atoms with Crippen LogP contribution in [0.4, 0.5) is 13.2 Å². The minimum Gasteiger partial charge on any atom is -0.493 e. The molecule has 1 amide bonds. The summed E-state index contributed by atoms with van der Waals surface area (Å²) in [5.74, 6) is 1.90. The van der Waals surface area contributed by atoms with Crippen LogP contribution in [0, 0.1) is 25.7 Å². The van der Waals surface area contributed by atoms with Gasteiger partial charge in [-0.25, -0.2) is 0 Å². The third-order valence-electron chi connectivity index (χ3n) is 9.57. The summed E-state index contributed by atoms with van der Waals surface area (Å²) in [7, 11) is 0. The van der Waals surface area contributed by atoms with Gasteiger partial charge in [-0.15, -0.1) is 0 Å². The second-order valence-electron chi connectivity index (χ2n) is 13.5. The highest BCUT2D eigenvalue weighted by molar-refractivity contribution is 5.82. The van der Waals surface area contributed by atoms with Gasteiger partial charge in [0.2, 0.25) is 11.7 Å². The topological polar surface area (TPSA) is 89.7 Å². The molecule has 4 atom stereocenters. The molecule has 52 heavy (non-hydrogen) atoms. The maximum Gasteiger partial charge on any atom is 0.416 e. The highest BCUT2D eigenvalue weighted by Gasteiger charge is 2.38. The Morgan fingerprint density at radius 3 is 2.25 bits per heavy atom. The molecule has 1 N–H and O–H groups in total. The zero-order valence-corrected chi connectivity index (χ0v) is 29.5. The standard InChI is InChI=1S/C41H43F3N4O4/c1-27-9-13-31(14-10-27)38-46-40(52-47-38)37(48-24-22-29(3)32(25-48)26-50-34-17-11-28(2)12-18-34)39(49)45-23-21-36(30-7-5-4-6-8-30)51-35-19-15-33(16-20-35)41(42,43)44/h4-20,29,32,36-37H,21-26H2,1-3H3,(H,45,49)/t29-,32-,36-,37?/m1/s1. The fraction of sp³-hybridized carbons (Fsp3) is 0.341. The summed E-state index contributed by atoms with van der Waals surface area (Å²) in [4.78, 5) is 21.0. The quantitative estimate of drug-likeness (QED) is 0.131. The minimum atomic E-state index is -4.45. The Morgan fingerprint density at radius 2 is 1.58 bits per heavy atom. The van der Waals surface area contributed by atoms with Gasteiger partial charge in [-0.1, -0.05) is 89.9 Å². The van der Waals surface area contributed by atoms with Crippen molar-refractivity contribution >= 4 is 5.91 Å². The van der Waals surface area contributed by atoms with Gasteiger partial charge in [-0.05, 0) is 74.7 Å². The third-order valence-corrected chi connectivity index (χ3v) is 9.57. The maximum atomic E-state index is 14.2. The van der Waals surface area contributed by atoms with E-state index >= 15 is 0 Å². The lowest BCUT2D eigenvalue weighted by atomic mass is 9.86. The molecule has 1 aromatic heterocycles. The molecule has 1 saturated heterocycles. The van der Waals surface area contributed by atoms with Crippen LogP contribution in [0.3, 0.4) is 0 Å². The van der Waals surface area contributed by atoms with Crippen molar-refractivity contribution in [1.29, 1.82) is 0 Å². The number of nitrogens with zero attached hydrogens (tertiary/aromatic N) is 3. The van der Waals surface area contributed by atoms with Crippen molar-refractivity contribution in [1.82, 2.24) is 20.4 Å². The molecule has 0 radical (unpaired) electrons. The van der Waals surface area contributed by atoms with E-state index in [1.165, 1.54) is 12.1 Å². The van der Waals surface area contributed by atoms with Crippen molar-refractivity contribution in [2.24, 2.45) is 11.8 Å². The summed E-state index contributed by atoms with van der Waals surface area (Å²) >= 11 is 0. The number of aryl methyl sites for hydroxylation is 2. The molecular formula is C41H43F3N4O4. The van der Waals surface area contributed by atoms with Gasteiger partial charge in [-0.3, -0.25) is 9.69 Å². The lowest BCUT2D eigenvalue weighted by Crippen LogP contribution is -2.48. The summed E-state index contributed by atoms with van der Waals surface area (Å²) in [5, 5.41) is 7.31. The molecule has 0 aliphatic carbocycles. The molecule has 6 rings (SSSR count). The van der Waals surface area contributed by atoms with E-state index in [1.807, 2.05) is 92.7 Å². The first kappa shape index (κ1) is 36.6. The lowest BCUT2D eigenvalue weighted by Gasteiger charge is -2.39. The van der Waals surface area contributed by atoms with Gasteiger partial charge in [0.25, 0.3) is 5.89 Å². The Hall–Kier alpha value is -5.16. The maximum absolute atomic E-state index is 14.2. The number of piperidine rings is 1. The smallest absolute Gasteiger partial charge is 0.416 e. The van der Waals surface area contributed by atoms with E-state index in [9.17, 15) is 18.0 Å². The van der Waals surface area contributed by atoms with E-state index in [-0.39, 0.29) is 24.3 Å². The SMILES string of the molecule is Cc1ccc(OC[C@H]2CN(C(C(=O)NCC[C@@H](Oc3ccc(C(F)(F)F)cc3)c3ccccc3)c3nc(-c4ccc(C)cc4)no3)CC[C@H]2C)cc1. The largest absolute Gasteiger partial charge is 0.493 e. The van der Waals surface area contributed by atoms with Crippen LogP contribution in [0.25, 0.3) is 11.4 Å². The molecule has 0 saturated carbocycles. The van der Waals surface area contributed by atoms with Crippen molar-refractivity contribution in [2.75, 3.05) is 26.2 Å². The molecule has 4 aromatic carbocycles. The van der Waals surface area contributed by atoms with E-state index in [4.69, 9.17) is 19.0 Å². The van der Waals surface area contributed by atoms with Crippen LogP contribution in [0.2, 0.25) is 0 Å². The Kier molecular flexibility index (Phi) is 11.6. The fourth-order valence-corrected chi connectivity index (χ4v) is 6.34. The third kappa shape index (κ3) is 9.38. The van der Waals surface area contributed by atoms with Gasteiger partial charge in [-0.2, -0.15) is 18.2 Å². The summed E-state index contributed by atoms with van der Waals surface area (Å²) in [6.45, 7) is 8.18. The van der Waals surface area contributed by atoms with Crippen molar-refractivity contribution < 1.29 is 32.0 Å². The van der Waals surface area contributed by atoms with E-state index in [0.29, 0.717) is 43.6 Å². The van der Waals surface area contributed by atoms with Crippen molar-refractivity contribution in [2.45, 2.75) is 51.9 Å². The molecule has 1 fully saturated rings. The normalized spacial score (nSPS) is 17.7. The molecule has 1 aliphatic heterocycles. The highest BCUT2D eigenvalue weighted by atomic mass is 19.4. The number of rotatable bonds is 13. The Labute approximate surface area is 302 Å². The predicted octanol–water partition coefficient (Wildman–Crippen LogP) is 8.78. The van der Waals surface area contributed by atoms with E-state index in [0.717, 1.165) is 46.6 Å². The first-order chi connectivity index (χ1) is 25.0. The lowest BCUT2D eigenvalue weighted by molar-refractivity contribution is -0.137. The number of ether oxygens (including phenoxy) is 2. The number of amides is 1. The molecule has 0 spiro atoms. The van der Waals surface area contributed by atoms with Gasteiger partial charge in [0.1, 0.15) is 17.6 Å². The first-order valence-electron chi connectivity index (χ1n) is 17.5. The number of aromatic nitrogens is 2. The molecule has 272 valence electrons. The number of carbonyl (C=O) groups is 1. The average Bonchev–Trinajstić information content (AvgIpc) is 3.62. The van der Waals surface area contributed by atoms with Gasteiger partial charge in [0.15, 0.2) is 6.04 Å². The van der Waals surface area contributed by atoms with Crippen LogP contribution in [-0.4, -0.2) is 47.2 Å². The summed E-state index contributed by atoms with van der Waals surface area (Å²) in [6, 6.07) is 28.9. The number of alkyl halides is 3. The van der Waals surface area contributed by atoms with Crippen LogP contribution in [-0.2, 0) is 11.0 Å². The van der Waals surface area contributed by atoms with Gasteiger partial charge in [0.05, 0.1) is 12.2 Å². The molecule has 8 nitrogen and oxygen atoms in total. The molecule has 1 unspecified atom stereocenters. The van der Waals surface area contributed by atoms with Crippen molar-refractivity contribution in [3.63, 3.8) is 0 Å². The van der Waals surface area contributed by atoms with Crippen LogP contribution in [0.5, 0.6) is 11.5 Å². The molecule has 2 heterocycles. The first-order valence-corrected chi connectivity index (χ1v) is 17.5. The van der Waals surface area contributed by atoms with E-state index < -0.39 is 23.9 Å². The van der Waals surface area contributed by atoms with E-state index in [1.54, 1.807) is 0 Å². The van der Waals surface area contributed by atoms with Crippen molar-refractivity contribution in [3.8, 4) is 22.9 Å². The van der Waals surface area contributed by atoms with Crippen LogP contribution >= 0.6 is 0 Å². The zero-order valence-electron chi connectivity index (χ0n) is 29.5. The van der Waals surface area contributed by atoms with Crippen molar-refractivity contribution in [3.05, 3.63) is 131 Å². The number of halogens is 3. The monoisotopic (exact) mass is 712 g/mol. The molecule has 1 aliphatic rings. The predicted molar refractivity (Wildman–Crippen MR) is 192 cm³/mol. The van der Waals surface area contributed by atoms with Crippen LogP contribution < -0.4 is 14.8 Å². The number of carbonyl (C=O) groups excluding carboxylic acids is 1. The number of benzene rings is 4. The van der Waals surface area contributed by atoms with Gasteiger partial charge >= 0.3 is 6.18 Å². The summed E-state index contributed by atoms with van der Waals surface area (Å²) in [6.07, 6.45) is -3.78. The van der Waals surface area contributed by atoms with Gasteiger partial charge in [0, 0.05) is 31.0 Å². The number of nitrogens with one attached hydrogen (secondary N) is 1. The van der Waals surface area contributed by atoms with Gasteiger partial charge < -0.3 is 19.3 Å². The Bertz CT molecular complexity index is 1880.